The average molecular weight is 416 g/mol. The van der Waals surface area contributed by atoms with Crippen LogP contribution in [0, 0.1) is 5.82 Å². The lowest BCUT2D eigenvalue weighted by Gasteiger charge is -2.09. The lowest BCUT2D eigenvalue weighted by atomic mass is 10.0. The number of benzene rings is 2. The van der Waals surface area contributed by atoms with E-state index in [9.17, 15) is 27.2 Å². The molecule has 2 rings (SSSR count). The first-order valence-corrected chi connectivity index (χ1v) is 8.27. The molecule has 0 radical (unpaired) electrons. The van der Waals surface area contributed by atoms with E-state index in [-0.39, 0.29) is 18.7 Å². The van der Waals surface area contributed by atoms with Crippen LogP contribution in [-0.4, -0.2) is 34.2 Å². The minimum absolute atomic E-state index is 0.00741. The number of carboxylic acid groups (broad SMARTS) is 2. The molecule has 0 saturated carbocycles. The van der Waals surface area contributed by atoms with Crippen molar-refractivity contribution in [2.75, 3.05) is 0 Å². The summed E-state index contributed by atoms with van der Waals surface area (Å²) >= 11 is 0. The van der Waals surface area contributed by atoms with Gasteiger partial charge in [-0.3, -0.25) is 9.59 Å². The fourth-order valence-corrected chi connectivity index (χ4v) is 2.13. The Bertz CT molecular complexity index is 808. The van der Waals surface area contributed by atoms with E-state index < -0.39 is 35.8 Å². The van der Waals surface area contributed by atoms with E-state index in [1.165, 1.54) is 36.4 Å². The van der Waals surface area contributed by atoms with E-state index in [0.717, 1.165) is 17.7 Å². The van der Waals surface area contributed by atoms with Gasteiger partial charge in [0.2, 0.25) is 0 Å². The Hall–Kier alpha value is -2.98. The third-order valence-corrected chi connectivity index (χ3v) is 3.74. The van der Waals surface area contributed by atoms with Gasteiger partial charge in [0.15, 0.2) is 0 Å². The molecule has 158 valence electrons. The molecule has 0 bridgehead atoms. The van der Waals surface area contributed by atoms with Gasteiger partial charge in [-0.25, -0.2) is 4.39 Å². The Kier molecular flexibility index (Phi) is 8.74. The molecule has 0 aliphatic rings. The molecule has 10 heteroatoms. The van der Waals surface area contributed by atoms with Gasteiger partial charge < -0.3 is 21.7 Å². The molecule has 0 aliphatic heterocycles. The number of alkyl halides is 3. The smallest absolute Gasteiger partial charge is 0.416 e. The van der Waals surface area contributed by atoms with Gasteiger partial charge in [0.25, 0.3) is 0 Å². The predicted molar refractivity (Wildman–Crippen MR) is 96.5 cm³/mol. The predicted octanol–water partition coefficient (Wildman–Crippen LogP) is 2.44. The van der Waals surface area contributed by atoms with Crippen molar-refractivity contribution in [1.82, 2.24) is 0 Å². The minimum Gasteiger partial charge on any atom is -0.480 e. The fourth-order valence-electron chi connectivity index (χ4n) is 2.13. The lowest BCUT2D eigenvalue weighted by Crippen LogP contribution is -2.32. The Balaban J connectivity index is 0.000000296. The molecule has 29 heavy (non-hydrogen) atoms. The van der Waals surface area contributed by atoms with Gasteiger partial charge in [0.1, 0.15) is 17.9 Å². The molecule has 0 aliphatic carbocycles. The van der Waals surface area contributed by atoms with Crippen LogP contribution in [0.15, 0.2) is 48.5 Å². The molecule has 6 nitrogen and oxygen atoms in total. The average Bonchev–Trinajstić information content (AvgIpc) is 2.63. The second-order valence-corrected chi connectivity index (χ2v) is 6.12. The van der Waals surface area contributed by atoms with E-state index >= 15 is 0 Å². The molecule has 0 saturated heterocycles. The summed E-state index contributed by atoms with van der Waals surface area (Å²) < 4.78 is 49.0. The Morgan fingerprint density at radius 1 is 0.793 bits per heavy atom. The van der Waals surface area contributed by atoms with E-state index in [4.69, 9.17) is 21.7 Å². The van der Waals surface area contributed by atoms with Gasteiger partial charge in [0, 0.05) is 0 Å². The molecule has 2 unspecified atom stereocenters. The molecule has 2 atom stereocenters. The molecular weight excluding hydrogens is 396 g/mol. The summed E-state index contributed by atoms with van der Waals surface area (Å²) in [5.74, 6) is -2.57. The number of carbonyl (C=O) groups is 2. The van der Waals surface area contributed by atoms with Gasteiger partial charge in [0.05, 0.1) is 5.56 Å². The minimum atomic E-state index is -4.38. The van der Waals surface area contributed by atoms with Crippen LogP contribution < -0.4 is 11.5 Å². The summed E-state index contributed by atoms with van der Waals surface area (Å²) in [6.45, 7) is 0. The van der Waals surface area contributed by atoms with Crippen molar-refractivity contribution < 1.29 is 37.4 Å². The largest absolute Gasteiger partial charge is 0.480 e. The first-order valence-electron chi connectivity index (χ1n) is 8.27. The van der Waals surface area contributed by atoms with Crippen LogP contribution in [0.5, 0.6) is 0 Å². The number of aliphatic carboxylic acids is 2. The standard InChI is InChI=1S/C10H10F3NO2.C9H10FNO2/c11-10(12,13)7-3-1-6(2-4-7)5-8(14)9(15)16;10-7-3-1-6(2-4-7)5-8(11)9(12)13/h1-4,8H,5,14H2,(H,15,16);1-4,8H,5,11H2,(H,12,13). The number of carboxylic acids is 2. The number of rotatable bonds is 6. The van der Waals surface area contributed by atoms with E-state index in [1.807, 2.05) is 0 Å². The molecule has 2 aromatic carbocycles. The third kappa shape index (κ3) is 8.71. The van der Waals surface area contributed by atoms with Crippen LogP contribution in [0.1, 0.15) is 16.7 Å². The second-order valence-electron chi connectivity index (χ2n) is 6.12. The molecule has 0 fully saturated rings. The summed E-state index contributed by atoms with van der Waals surface area (Å²) in [5.41, 5.74) is 11.0. The molecule has 2 aromatic rings. The van der Waals surface area contributed by atoms with Gasteiger partial charge >= 0.3 is 18.1 Å². The van der Waals surface area contributed by atoms with Crippen LogP contribution >= 0.6 is 0 Å². The quantitative estimate of drug-likeness (QED) is 0.536. The van der Waals surface area contributed by atoms with Crippen molar-refractivity contribution in [3.8, 4) is 0 Å². The van der Waals surface area contributed by atoms with Crippen molar-refractivity contribution in [2.45, 2.75) is 31.1 Å². The van der Waals surface area contributed by atoms with E-state index in [2.05, 4.69) is 0 Å². The number of hydrogen-bond acceptors (Lipinski definition) is 4. The zero-order valence-electron chi connectivity index (χ0n) is 15.1. The second kappa shape index (κ2) is 10.5. The van der Waals surface area contributed by atoms with Crippen molar-refractivity contribution in [1.29, 1.82) is 0 Å². The monoisotopic (exact) mass is 416 g/mol. The van der Waals surface area contributed by atoms with E-state index in [1.54, 1.807) is 0 Å². The maximum atomic E-state index is 12.4. The molecular formula is C19H20F4N2O4. The normalized spacial score (nSPS) is 13.0. The van der Waals surface area contributed by atoms with Gasteiger partial charge in [-0.2, -0.15) is 13.2 Å². The molecule has 0 amide bonds. The summed E-state index contributed by atoms with van der Waals surface area (Å²) in [7, 11) is 0. The molecule has 0 aromatic heterocycles. The Labute approximate surface area is 163 Å². The van der Waals surface area contributed by atoms with Gasteiger partial charge in [-0.05, 0) is 48.2 Å². The number of hydrogen-bond donors (Lipinski definition) is 4. The zero-order chi connectivity index (χ0) is 22.2. The summed E-state index contributed by atoms with van der Waals surface area (Å²) in [6.07, 6.45) is -4.16. The lowest BCUT2D eigenvalue weighted by molar-refractivity contribution is -0.139. The first kappa shape index (κ1) is 24.1. The first-order chi connectivity index (χ1) is 13.4. The van der Waals surface area contributed by atoms with Crippen molar-refractivity contribution in [3.63, 3.8) is 0 Å². The SMILES string of the molecule is NC(Cc1ccc(C(F)(F)F)cc1)C(=O)O.NC(Cc1ccc(F)cc1)C(=O)O. The Morgan fingerprint density at radius 3 is 1.45 bits per heavy atom. The van der Waals surface area contributed by atoms with Crippen molar-refractivity contribution in [2.24, 2.45) is 11.5 Å². The highest BCUT2D eigenvalue weighted by Gasteiger charge is 2.30. The molecule has 0 heterocycles. The maximum Gasteiger partial charge on any atom is 0.416 e. The summed E-state index contributed by atoms with van der Waals surface area (Å²) in [6, 6.07) is 7.86. The maximum absolute atomic E-state index is 12.4. The molecule has 0 spiro atoms. The number of nitrogens with two attached hydrogens (primary N) is 2. The van der Waals surface area contributed by atoms with Crippen LogP contribution in [0.3, 0.4) is 0 Å². The van der Waals surface area contributed by atoms with Gasteiger partial charge in [-0.15, -0.1) is 0 Å². The molecule has 6 N–H and O–H groups in total. The highest BCUT2D eigenvalue weighted by molar-refractivity contribution is 5.73. The van der Waals surface area contributed by atoms with Crippen LogP contribution in [-0.2, 0) is 28.6 Å². The zero-order valence-corrected chi connectivity index (χ0v) is 15.1. The van der Waals surface area contributed by atoms with Gasteiger partial charge in [-0.1, -0.05) is 24.3 Å². The Morgan fingerprint density at radius 2 is 1.14 bits per heavy atom. The van der Waals surface area contributed by atoms with Crippen LogP contribution in [0.4, 0.5) is 17.6 Å². The topological polar surface area (TPSA) is 127 Å². The highest BCUT2D eigenvalue weighted by atomic mass is 19.4. The highest BCUT2D eigenvalue weighted by Crippen LogP contribution is 2.29. The van der Waals surface area contributed by atoms with Crippen LogP contribution in [0.2, 0.25) is 0 Å². The van der Waals surface area contributed by atoms with Crippen molar-refractivity contribution in [3.05, 3.63) is 71.0 Å². The third-order valence-electron chi connectivity index (χ3n) is 3.74. The van der Waals surface area contributed by atoms with E-state index in [0.29, 0.717) is 5.56 Å². The summed E-state index contributed by atoms with van der Waals surface area (Å²) in [5, 5.41) is 17.0. The number of halogens is 4. The summed E-state index contributed by atoms with van der Waals surface area (Å²) in [4.78, 5) is 20.8. The van der Waals surface area contributed by atoms with Crippen molar-refractivity contribution >= 4 is 11.9 Å². The van der Waals surface area contributed by atoms with Crippen LogP contribution in [0.25, 0.3) is 0 Å². The fraction of sp³-hybridized carbons (Fsp3) is 0.263.